The van der Waals surface area contributed by atoms with Crippen LogP contribution in [0.5, 0.6) is 0 Å². The van der Waals surface area contributed by atoms with Crippen molar-refractivity contribution in [1.82, 2.24) is 10.3 Å². The molecule has 1 heterocycles. The fourth-order valence-electron chi connectivity index (χ4n) is 2.12. The number of benzene rings is 1. The van der Waals surface area contributed by atoms with Gasteiger partial charge < -0.3 is 11.1 Å². The van der Waals surface area contributed by atoms with Gasteiger partial charge in [0.15, 0.2) is 0 Å². The van der Waals surface area contributed by atoms with Crippen LogP contribution in [0, 0.1) is 6.92 Å². The van der Waals surface area contributed by atoms with Crippen molar-refractivity contribution >= 4 is 22.9 Å². The Morgan fingerprint density at radius 2 is 2.10 bits per heavy atom. The van der Waals surface area contributed by atoms with E-state index in [0.717, 1.165) is 22.0 Å². The van der Waals surface area contributed by atoms with Gasteiger partial charge in [-0.2, -0.15) is 0 Å². The number of carbonyl (C=O) groups excluding carboxylic acids is 1. The van der Waals surface area contributed by atoms with Gasteiger partial charge in [-0.1, -0.05) is 18.2 Å². The molecule has 3 N–H and O–H groups in total. The predicted molar refractivity (Wildman–Crippen MR) is 87.2 cm³/mol. The lowest BCUT2D eigenvalue weighted by Crippen LogP contribution is -2.41. The van der Waals surface area contributed by atoms with Crippen LogP contribution >= 0.6 is 11.3 Å². The molecular weight excluding hydrogens is 282 g/mol. The molecule has 2 aromatic rings. The van der Waals surface area contributed by atoms with Gasteiger partial charge in [-0.15, -0.1) is 11.3 Å². The van der Waals surface area contributed by atoms with Crippen molar-refractivity contribution < 1.29 is 4.79 Å². The zero-order chi connectivity index (χ0) is 15.5. The van der Waals surface area contributed by atoms with Crippen LogP contribution in [0.25, 0.3) is 0 Å². The van der Waals surface area contributed by atoms with E-state index in [9.17, 15) is 4.79 Å². The Labute approximate surface area is 129 Å². The molecule has 5 heteroatoms. The van der Waals surface area contributed by atoms with Crippen LogP contribution in [-0.4, -0.2) is 10.9 Å². The van der Waals surface area contributed by atoms with E-state index in [1.54, 1.807) is 11.3 Å². The summed E-state index contributed by atoms with van der Waals surface area (Å²) in [4.78, 5) is 16.6. The minimum absolute atomic E-state index is 0.0103. The highest BCUT2D eigenvalue weighted by Crippen LogP contribution is 2.24. The lowest BCUT2D eigenvalue weighted by atomic mass is 10.0. The van der Waals surface area contributed by atoms with Crippen LogP contribution in [0.15, 0.2) is 29.6 Å². The van der Waals surface area contributed by atoms with E-state index >= 15 is 0 Å². The Balaban J connectivity index is 1.94. The zero-order valence-corrected chi connectivity index (χ0v) is 13.5. The monoisotopic (exact) mass is 303 g/mol. The first-order chi connectivity index (χ1) is 9.88. The number of aromatic nitrogens is 1. The molecule has 21 heavy (non-hydrogen) atoms. The second-order valence-corrected chi connectivity index (χ2v) is 6.52. The number of nitrogens with one attached hydrogen (secondary N) is 1. The van der Waals surface area contributed by atoms with Crippen molar-refractivity contribution in [2.45, 2.75) is 39.2 Å². The van der Waals surface area contributed by atoms with Crippen molar-refractivity contribution in [3.63, 3.8) is 0 Å². The molecule has 0 radical (unpaired) electrons. The van der Waals surface area contributed by atoms with Crippen LogP contribution in [0.4, 0.5) is 5.69 Å². The Kier molecular flexibility index (Phi) is 4.63. The van der Waals surface area contributed by atoms with Crippen LogP contribution in [0.1, 0.15) is 36.5 Å². The van der Waals surface area contributed by atoms with Crippen molar-refractivity contribution in [2.75, 3.05) is 5.73 Å². The molecule has 0 atom stereocenters. The van der Waals surface area contributed by atoms with E-state index in [4.69, 9.17) is 5.73 Å². The molecule has 112 valence electrons. The quantitative estimate of drug-likeness (QED) is 0.834. The molecule has 0 unspecified atom stereocenters. The van der Waals surface area contributed by atoms with E-state index in [-0.39, 0.29) is 5.91 Å². The number of para-hydroxylation sites is 1. The van der Waals surface area contributed by atoms with E-state index in [0.29, 0.717) is 12.8 Å². The Morgan fingerprint density at radius 3 is 2.71 bits per heavy atom. The predicted octanol–water partition coefficient (Wildman–Crippen LogP) is 3.02. The maximum atomic E-state index is 12.1. The number of hydrogen-bond acceptors (Lipinski definition) is 4. The summed E-state index contributed by atoms with van der Waals surface area (Å²) in [7, 11) is 0. The third-order valence-corrected chi connectivity index (χ3v) is 4.57. The van der Waals surface area contributed by atoms with Crippen LogP contribution in [0.2, 0.25) is 0 Å². The van der Waals surface area contributed by atoms with Gasteiger partial charge in [0.05, 0.1) is 5.54 Å². The Morgan fingerprint density at radius 1 is 1.38 bits per heavy atom. The highest BCUT2D eigenvalue weighted by Gasteiger charge is 2.25. The summed E-state index contributed by atoms with van der Waals surface area (Å²) in [5, 5.41) is 5.96. The van der Waals surface area contributed by atoms with Gasteiger partial charge in [0.1, 0.15) is 5.01 Å². The van der Waals surface area contributed by atoms with Crippen LogP contribution in [-0.2, 0) is 16.8 Å². The molecule has 1 amide bonds. The molecule has 0 saturated heterocycles. The number of carbonyl (C=O) groups is 1. The van der Waals surface area contributed by atoms with Crippen LogP contribution in [0.3, 0.4) is 0 Å². The summed E-state index contributed by atoms with van der Waals surface area (Å²) in [5.41, 5.74) is 8.17. The van der Waals surface area contributed by atoms with Crippen molar-refractivity contribution in [1.29, 1.82) is 0 Å². The van der Waals surface area contributed by atoms with Gasteiger partial charge in [-0.05, 0) is 38.8 Å². The van der Waals surface area contributed by atoms with Gasteiger partial charge >= 0.3 is 0 Å². The molecule has 4 nitrogen and oxygen atoms in total. The number of nitrogens with zero attached hydrogens (tertiary/aromatic N) is 1. The normalized spacial score (nSPS) is 11.4. The van der Waals surface area contributed by atoms with Gasteiger partial charge in [0, 0.05) is 23.2 Å². The molecule has 0 aliphatic carbocycles. The fourth-order valence-corrected chi connectivity index (χ4v) is 2.99. The summed E-state index contributed by atoms with van der Waals surface area (Å²) < 4.78 is 0. The molecule has 0 spiro atoms. The van der Waals surface area contributed by atoms with E-state index in [1.165, 1.54) is 0 Å². The lowest BCUT2D eigenvalue weighted by Gasteiger charge is -2.24. The van der Waals surface area contributed by atoms with Gasteiger partial charge in [-0.3, -0.25) is 4.79 Å². The second-order valence-electron chi connectivity index (χ2n) is 5.67. The molecule has 0 aliphatic rings. The Hall–Kier alpha value is -1.88. The molecule has 1 aromatic heterocycles. The zero-order valence-electron chi connectivity index (χ0n) is 12.6. The molecule has 0 aliphatic heterocycles. The first-order valence-corrected chi connectivity index (χ1v) is 7.83. The molecule has 0 fully saturated rings. The highest BCUT2D eigenvalue weighted by molar-refractivity contribution is 7.09. The Bertz CT molecular complexity index is 634. The SMILES string of the molecule is Cc1csc(C(C)(C)NC(=O)CCc2ccccc2N)n1. The summed E-state index contributed by atoms with van der Waals surface area (Å²) in [6.45, 7) is 5.90. The van der Waals surface area contributed by atoms with Gasteiger partial charge in [-0.25, -0.2) is 4.98 Å². The minimum Gasteiger partial charge on any atom is -0.399 e. The number of nitrogens with two attached hydrogens (primary N) is 1. The number of aryl methyl sites for hydroxylation is 2. The maximum Gasteiger partial charge on any atom is 0.221 e. The average molecular weight is 303 g/mol. The van der Waals surface area contributed by atoms with Crippen molar-refractivity contribution in [2.24, 2.45) is 0 Å². The number of hydrogen-bond donors (Lipinski definition) is 2. The lowest BCUT2D eigenvalue weighted by molar-refractivity contribution is -0.122. The van der Waals surface area contributed by atoms with E-state index in [1.807, 2.05) is 50.4 Å². The summed E-state index contributed by atoms with van der Waals surface area (Å²) in [5.74, 6) is 0.0103. The second kappa shape index (κ2) is 6.26. The topological polar surface area (TPSA) is 68.0 Å². The number of nitrogen functional groups attached to an aromatic ring is 1. The van der Waals surface area contributed by atoms with E-state index in [2.05, 4.69) is 10.3 Å². The summed E-state index contributed by atoms with van der Waals surface area (Å²) in [6, 6.07) is 7.64. The largest absolute Gasteiger partial charge is 0.399 e. The van der Waals surface area contributed by atoms with Crippen LogP contribution < -0.4 is 11.1 Å². The highest BCUT2D eigenvalue weighted by atomic mass is 32.1. The van der Waals surface area contributed by atoms with Crippen molar-refractivity contribution in [3.05, 3.63) is 45.9 Å². The maximum absolute atomic E-state index is 12.1. The molecule has 1 aromatic carbocycles. The van der Waals surface area contributed by atoms with Gasteiger partial charge in [0.25, 0.3) is 0 Å². The van der Waals surface area contributed by atoms with E-state index < -0.39 is 5.54 Å². The molecule has 0 bridgehead atoms. The third kappa shape index (κ3) is 4.04. The number of anilines is 1. The first kappa shape index (κ1) is 15.5. The average Bonchev–Trinajstić information content (AvgIpc) is 2.85. The standard InChI is InChI=1S/C16H21N3OS/c1-11-10-21-15(18-11)16(2,3)19-14(20)9-8-12-6-4-5-7-13(12)17/h4-7,10H,8-9,17H2,1-3H3,(H,19,20). The smallest absolute Gasteiger partial charge is 0.221 e. The minimum atomic E-state index is -0.446. The molecule has 0 saturated carbocycles. The number of rotatable bonds is 5. The summed E-state index contributed by atoms with van der Waals surface area (Å²) >= 11 is 1.57. The van der Waals surface area contributed by atoms with Crippen molar-refractivity contribution in [3.8, 4) is 0 Å². The van der Waals surface area contributed by atoms with Gasteiger partial charge in [0.2, 0.25) is 5.91 Å². The third-order valence-electron chi connectivity index (χ3n) is 3.28. The fraction of sp³-hybridized carbons (Fsp3) is 0.375. The first-order valence-electron chi connectivity index (χ1n) is 6.95. The molecule has 2 rings (SSSR count). The summed E-state index contributed by atoms with van der Waals surface area (Å²) in [6.07, 6.45) is 1.06. The number of amides is 1. The molecular formula is C16H21N3OS. The number of thiazole rings is 1.